The third kappa shape index (κ3) is 6.35. The van der Waals surface area contributed by atoms with E-state index >= 15 is 0 Å². The standard InChI is InChI=1S/C33H48N2O6/c1-20(2)23-14-13-21(3)17-28(23)40-19-29(37)35(22-9-5-4-6-10-22)26-18-25(33(39)34-15-16-36)30-24-11-7-8-12-27(24)41-32(30)31(26)38/h7-8,11-12,18,20-23,26,28,30-32,36,38H,4-6,9-10,13-17,19H2,1-3H3,(H,34,39). The first-order valence-electron chi connectivity index (χ1n) is 15.8. The smallest absolute Gasteiger partial charge is 0.249 e. The Balaban J connectivity index is 1.45. The van der Waals surface area contributed by atoms with E-state index < -0.39 is 24.2 Å². The number of para-hydroxylation sites is 1. The van der Waals surface area contributed by atoms with Gasteiger partial charge in [0.25, 0.3) is 0 Å². The van der Waals surface area contributed by atoms with Gasteiger partial charge < -0.3 is 29.9 Å². The van der Waals surface area contributed by atoms with Crippen molar-refractivity contribution in [1.82, 2.24) is 10.2 Å². The fourth-order valence-corrected chi connectivity index (χ4v) is 7.69. The average molecular weight is 569 g/mol. The highest BCUT2D eigenvalue weighted by molar-refractivity contribution is 5.96. The number of aliphatic hydroxyl groups is 2. The third-order valence-electron chi connectivity index (χ3n) is 9.84. The predicted molar refractivity (Wildman–Crippen MR) is 156 cm³/mol. The maximum atomic E-state index is 14.1. The molecule has 2 fully saturated rings. The summed E-state index contributed by atoms with van der Waals surface area (Å²) in [7, 11) is 0. The Morgan fingerprint density at radius 3 is 2.61 bits per heavy atom. The van der Waals surface area contributed by atoms with E-state index in [2.05, 4.69) is 26.1 Å². The van der Waals surface area contributed by atoms with Gasteiger partial charge in [-0.25, -0.2) is 0 Å². The third-order valence-corrected chi connectivity index (χ3v) is 9.84. The van der Waals surface area contributed by atoms with Crippen LogP contribution in [0.2, 0.25) is 0 Å². The lowest BCUT2D eigenvalue weighted by Crippen LogP contribution is -2.59. The van der Waals surface area contributed by atoms with Gasteiger partial charge in [-0.15, -0.1) is 0 Å². The van der Waals surface area contributed by atoms with Crippen molar-refractivity contribution in [2.45, 2.75) is 108 Å². The van der Waals surface area contributed by atoms with Gasteiger partial charge in [-0.3, -0.25) is 9.59 Å². The molecule has 4 aliphatic rings. The quantitative estimate of drug-likeness (QED) is 0.417. The minimum Gasteiger partial charge on any atom is -0.486 e. The second-order valence-corrected chi connectivity index (χ2v) is 12.9. The van der Waals surface area contributed by atoms with E-state index in [1.807, 2.05) is 29.2 Å². The molecule has 8 heteroatoms. The first-order valence-corrected chi connectivity index (χ1v) is 15.8. The SMILES string of the molecule is CC1CCC(C(C)C)C(OCC(=O)N(C2CCCCC2)C2C=C(C(=O)NCCO)C3c4ccccc4OC3C2O)C1. The van der Waals surface area contributed by atoms with Crippen molar-refractivity contribution >= 4 is 11.8 Å². The molecular formula is C33H48N2O6. The molecule has 7 atom stereocenters. The van der Waals surface area contributed by atoms with Gasteiger partial charge in [0.05, 0.1) is 24.7 Å². The molecule has 0 bridgehead atoms. The zero-order valence-corrected chi connectivity index (χ0v) is 24.8. The molecule has 1 aromatic carbocycles. The fraction of sp³-hybridized carbons (Fsp3) is 0.697. The molecule has 0 radical (unpaired) electrons. The van der Waals surface area contributed by atoms with Crippen LogP contribution in [0.25, 0.3) is 0 Å². The zero-order chi connectivity index (χ0) is 29.1. The summed E-state index contributed by atoms with van der Waals surface area (Å²) in [6.07, 6.45) is 8.28. The monoisotopic (exact) mass is 568 g/mol. The van der Waals surface area contributed by atoms with Crippen LogP contribution in [0.4, 0.5) is 0 Å². The summed E-state index contributed by atoms with van der Waals surface area (Å²) in [6.45, 7) is 6.64. The number of aliphatic hydroxyl groups excluding tert-OH is 2. The van der Waals surface area contributed by atoms with E-state index in [9.17, 15) is 19.8 Å². The molecule has 0 spiro atoms. The summed E-state index contributed by atoms with van der Waals surface area (Å²) in [5, 5.41) is 24.0. The van der Waals surface area contributed by atoms with Crippen LogP contribution in [0.15, 0.2) is 35.9 Å². The van der Waals surface area contributed by atoms with Gasteiger partial charge in [-0.2, -0.15) is 0 Å². The Morgan fingerprint density at radius 2 is 1.88 bits per heavy atom. The Bertz CT molecular complexity index is 1100. The molecule has 5 rings (SSSR count). The van der Waals surface area contributed by atoms with Gasteiger partial charge in [0.15, 0.2) is 0 Å². The number of nitrogens with one attached hydrogen (secondary N) is 1. The Morgan fingerprint density at radius 1 is 1.12 bits per heavy atom. The van der Waals surface area contributed by atoms with E-state index in [4.69, 9.17) is 9.47 Å². The van der Waals surface area contributed by atoms with Crippen LogP contribution in [-0.4, -0.2) is 77.1 Å². The number of hydrogen-bond donors (Lipinski definition) is 3. The minimum atomic E-state index is -1.01. The van der Waals surface area contributed by atoms with E-state index in [1.165, 1.54) is 6.42 Å². The van der Waals surface area contributed by atoms with Gasteiger partial charge >= 0.3 is 0 Å². The molecule has 3 aliphatic carbocycles. The summed E-state index contributed by atoms with van der Waals surface area (Å²) in [4.78, 5) is 29.4. The molecule has 1 heterocycles. The van der Waals surface area contributed by atoms with Crippen LogP contribution in [0.5, 0.6) is 5.75 Å². The number of benzene rings is 1. The van der Waals surface area contributed by atoms with Crippen LogP contribution in [0, 0.1) is 17.8 Å². The highest BCUT2D eigenvalue weighted by Crippen LogP contribution is 2.47. The minimum absolute atomic E-state index is 0.0324. The molecule has 7 unspecified atom stereocenters. The number of rotatable bonds is 9. The topological polar surface area (TPSA) is 108 Å². The first kappa shape index (κ1) is 30.1. The number of carbonyl (C=O) groups is 2. The number of amides is 2. The molecule has 1 aromatic rings. The fourth-order valence-electron chi connectivity index (χ4n) is 7.69. The zero-order valence-electron chi connectivity index (χ0n) is 24.8. The number of nitrogens with zero attached hydrogens (tertiary/aromatic N) is 1. The number of fused-ring (bicyclic) bond motifs is 3. The largest absolute Gasteiger partial charge is 0.486 e. The maximum Gasteiger partial charge on any atom is 0.249 e. The van der Waals surface area contributed by atoms with Crippen molar-refractivity contribution < 1.29 is 29.3 Å². The highest BCUT2D eigenvalue weighted by atomic mass is 16.5. The average Bonchev–Trinajstić information content (AvgIpc) is 3.37. The summed E-state index contributed by atoms with van der Waals surface area (Å²) >= 11 is 0. The van der Waals surface area contributed by atoms with Crippen molar-refractivity contribution in [1.29, 1.82) is 0 Å². The molecule has 0 saturated heterocycles. The summed E-state index contributed by atoms with van der Waals surface area (Å²) < 4.78 is 12.7. The van der Waals surface area contributed by atoms with E-state index in [-0.39, 0.29) is 43.7 Å². The predicted octanol–water partition coefficient (Wildman–Crippen LogP) is 3.95. The van der Waals surface area contributed by atoms with Gasteiger partial charge in [0.2, 0.25) is 11.8 Å². The summed E-state index contributed by atoms with van der Waals surface area (Å²) in [5.41, 5.74) is 1.32. The normalized spacial score (nSPS) is 31.6. The second kappa shape index (κ2) is 13.3. The van der Waals surface area contributed by atoms with Crippen LogP contribution in [-0.2, 0) is 14.3 Å². The van der Waals surface area contributed by atoms with Crippen molar-refractivity contribution in [3.8, 4) is 5.75 Å². The van der Waals surface area contributed by atoms with E-state index in [0.717, 1.165) is 50.5 Å². The Kier molecular flexibility index (Phi) is 9.72. The van der Waals surface area contributed by atoms with Crippen LogP contribution >= 0.6 is 0 Å². The van der Waals surface area contributed by atoms with Gasteiger partial charge in [-0.05, 0) is 55.6 Å². The molecule has 2 amide bonds. The number of ether oxygens (including phenoxy) is 2. The van der Waals surface area contributed by atoms with Crippen LogP contribution in [0.1, 0.15) is 83.6 Å². The Labute approximate surface area is 244 Å². The maximum absolute atomic E-state index is 14.1. The molecule has 226 valence electrons. The summed E-state index contributed by atoms with van der Waals surface area (Å²) in [5.74, 6) is 1.23. The molecule has 3 N–H and O–H groups in total. The number of carbonyl (C=O) groups excluding carboxylic acids is 2. The van der Waals surface area contributed by atoms with Gasteiger partial charge in [0, 0.05) is 23.7 Å². The van der Waals surface area contributed by atoms with Crippen LogP contribution in [0.3, 0.4) is 0 Å². The van der Waals surface area contributed by atoms with Crippen molar-refractivity contribution in [3.05, 3.63) is 41.5 Å². The van der Waals surface area contributed by atoms with E-state index in [1.54, 1.807) is 6.08 Å². The van der Waals surface area contributed by atoms with Gasteiger partial charge in [0.1, 0.15) is 24.6 Å². The van der Waals surface area contributed by atoms with Crippen molar-refractivity contribution in [2.75, 3.05) is 19.8 Å². The lowest BCUT2D eigenvalue weighted by atomic mass is 9.75. The molecule has 2 saturated carbocycles. The summed E-state index contributed by atoms with van der Waals surface area (Å²) in [6, 6.07) is 6.80. The molecule has 41 heavy (non-hydrogen) atoms. The second-order valence-electron chi connectivity index (χ2n) is 12.9. The van der Waals surface area contributed by atoms with Crippen LogP contribution < -0.4 is 10.1 Å². The van der Waals surface area contributed by atoms with Gasteiger partial charge in [-0.1, -0.05) is 64.7 Å². The lowest BCUT2D eigenvalue weighted by molar-refractivity contribution is -0.151. The highest BCUT2D eigenvalue weighted by Gasteiger charge is 2.51. The molecular weight excluding hydrogens is 520 g/mol. The molecule has 0 aromatic heterocycles. The van der Waals surface area contributed by atoms with Crippen molar-refractivity contribution in [2.24, 2.45) is 17.8 Å². The van der Waals surface area contributed by atoms with Crippen molar-refractivity contribution in [3.63, 3.8) is 0 Å². The molecule has 1 aliphatic heterocycles. The first-order chi connectivity index (χ1) is 19.8. The lowest BCUT2D eigenvalue weighted by Gasteiger charge is -2.45. The van der Waals surface area contributed by atoms with E-state index in [0.29, 0.717) is 29.1 Å². The Hall–Kier alpha value is -2.42. The molecule has 8 nitrogen and oxygen atoms in total. The number of hydrogen-bond acceptors (Lipinski definition) is 6.